The van der Waals surface area contributed by atoms with Crippen LogP contribution in [0.15, 0.2) is 41.0 Å². The van der Waals surface area contributed by atoms with E-state index in [0.717, 1.165) is 35.7 Å². The smallest absolute Gasteiger partial charge is 0.305 e. The lowest BCUT2D eigenvalue weighted by Crippen LogP contribution is -2.31. The number of methoxy groups -OCH3 is 1. The predicted octanol–water partition coefficient (Wildman–Crippen LogP) is 2.74. The van der Waals surface area contributed by atoms with E-state index in [9.17, 15) is 4.79 Å². The van der Waals surface area contributed by atoms with Gasteiger partial charge in [-0.2, -0.15) is 0 Å². The number of esters is 1. The highest BCUT2D eigenvalue weighted by molar-refractivity contribution is 5.69. The maximum atomic E-state index is 11.2. The van der Waals surface area contributed by atoms with Gasteiger partial charge >= 0.3 is 5.97 Å². The van der Waals surface area contributed by atoms with E-state index < -0.39 is 0 Å². The van der Waals surface area contributed by atoms with Crippen molar-refractivity contribution in [2.24, 2.45) is 0 Å². The minimum atomic E-state index is -0.187. The highest BCUT2D eigenvalue weighted by Crippen LogP contribution is 2.27. The Hall–Kier alpha value is -2.27. The summed E-state index contributed by atoms with van der Waals surface area (Å²) in [7, 11) is 1.41. The maximum absolute atomic E-state index is 11.2. The monoisotopic (exact) mass is 301 g/mol. The number of benzene rings is 1. The van der Waals surface area contributed by atoms with Gasteiger partial charge in [-0.15, -0.1) is 0 Å². The number of ether oxygens (including phenoxy) is 2. The van der Waals surface area contributed by atoms with Crippen LogP contribution in [0, 0.1) is 0 Å². The van der Waals surface area contributed by atoms with Gasteiger partial charge in [0.05, 0.1) is 19.9 Å². The molecule has 0 saturated carbocycles. The molecule has 2 aromatic rings. The molecule has 116 valence electrons. The Morgan fingerprint density at radius 1 is 1.36 bits per heavy atom. The second-order valence-corrected chi connectivity index (χ2v) is 5.36. The van der Waals surface area contributed by atoms with Crippen molar-refractivity contribution in [3.63, 3.8) is 0 Å². The molecule has 0 saturated heterocycles. The molecule has 5 heteroatoms. The zero-order valence-electron chi connectivity index (χ0n) is 12.6. The first-order valence-corrected chi connectivity index (χ1v) is 7.31. The molecule has 0 aliphatic carbocycles. The fraction of sp³-hybridized carbons (Fsp3) is 0.353. The summed E-state index contributed by atoms with van der Waals surface area (Å²) >= 11 is 0. The van der Waals surface area contributed by atoms with E-state index in [4.69, 9.17) is 9.15 Å². The third-order valence-corrected chi connectivity index (χ3v) is 3.73. The van der Waals surface area contributed by atoms with Crippen LogP contribution in [-0.4, -0.2) is 24.7 Å². The summed E-state index contributed by atoms with van der Waals surface area (Å²) in [5, 5.41) is 0. The molecule has 0 bridgehead atoms. The zero-order valence-corrected chi connectivity index (χ0v) is 12.6. The Bertz CT molecular complexity index is 636. The average Bonchev–Trinajstić information content (AvgIpc) is 3.05. The molecular weight excluding hydrogens is 282 g/mol. The fourth-order valence-electron chi connectivity index (χ4n) is 2.57. The third-order valence-electron chi connectivity index (χ3n) is 3.73. The van der Waals surface area contributed by atoms with Gasteiger partial charge in [0.25, 0.3) is 0 Å². The molecule has 0 N–H and O–H groups in total. The first kappa shape index (κ1) is 14.7. The van der Waals surface area contributed by atoms with Gasteiger partial charge in [-0.05, 0) is 30.2 Å². The van der Waals surface area contributed by atoms with Crippen molar-refractivity contribution in [2.45, 2.75) is 25.9 Å². The van der Waals surface area contributed by atoms with Crippen LogP contribution in [0.1, 0.15) is 23.3 Å². The minimum Gasteiger partial charge on any atom is -0.478 e. The van der Waals surface area contributed by atoms with Gasteiger partial charge in [-0.25, -0.2) is 0 Å². The lowest BCUT2D eigenvalue weighted by molar-refractivity contribution is -0.140. The normalized spacial score (nSPS) is 14.2. The van der Waals surface area contributed by atoms with Crippen molar-refractivity contribution >= 4 is 5.97 Å². The van der Waals surface area contributed by atoms with Gasteiger partial charge in [0.1, 0.15) is 18.2 Å². The standard InChI is InChI=1S/C17H19NO4/c1-20-17(19)7-5-13-4-6-16-14(9-13)10-18(12-22-16)11-15-3-2-8-21-15/h2-4,6,8-9H,5,7,10-12H2,1H3. The van der Waals surface area contributed by atoms with Gasteiger partial charge in [-0.3, -0.25) is 9.69 Å². The van der Waals surface area contributed by atoms with Crippen LogP contribution in [0.4, 0.5) is 0 Å². The maximum Gasteiger partial charge on any atom is 0.305 e. The number of nitrogens with zero attached hydrogens (tertiary/aromatic N) is 1. The summed E-state index contributed by atoms with van der Waals surface area (Å²) in [6.45, 7) is 2.08. The predicted molar refractivity (Wildman–Crippen MR) is 80.2 cm³/mol. The number of carbonyl (C=O) groups is 1. The molecule has 0 atom stereocenters. The van der Waals surface area contributed by atoms with Crippen LogP contribution in [0.5, 0.6) is 5.75 Å². The summed E-state index contributed by atoms with van der Waals surface area (Å²) in [5.74, 6) is 1.65. The molecule has 5 nitrogen and oxygen atoms in total. The molecule has 1 aromatic carbocycles. The summed E-state index contributed by atoms with van der Waals surface area (Å²) in [6.07, 6.45) is 2.75. The zero-order chi connectivity index (χ0) is 15.4. The molecule has 3 rings (SSSR count). The first-order chi connectivity index (χ1) is 10.7. The fourth-order valence-corrected chi connectivity index (χ4v) is 2.57. The van der Waals surface area contributed by atoms with Crippen molar-refractivity contribution in [1.82, 2.24) is 4.90 Å². The van der Waals surface area contributed by atoms with E-state index in [1.54, 1.807) is 6.26 Å². The number of fused-ring (bicyclic) bond motifs is 1. The number of furan rings is 1. The topological polar surface area (TPSA) is 51.9 Å². The molecule has 2 heterocycles. The molecule has 0 spiro atoms. The Balaban J connectivity index is 1.65. The van der Waals surface area contributed by atoms with Gasteiger partial charge in [-0.1, -0.05) is 12.1 Å². The molecule has 0 radical (unpaired) electrons. The molecule has 1 aromatic heterocycles. The summed E-state index contributed by atoms with van der Waals surface area (Å²) in [6, 6.07) is 9.93. The Morgan fingerprint density at radius 2 is 2.27 bits per heavy atom. The summed E-state index contributed by atoms with van der Waals surface area (Å²) < 4.78 is 15.8. The van der Waals surface area contributed by atoms with Crippen LogP contribution in [0.3, 0.4) is 0 Å². The lowest BCUT2D eigenvalue weighted by Gasteiger charge is -2.28. The van der Waals surface area contributed by atoms with Crippen molar-refractivity contribution < 1.29 is 18.7 Å². The van der Waals surface area contributed by atoms with Gasteiger partial charge < -0.3 is 13.9 Å². The second-order valence-electron chi connectivity index (χ2n) is 5.36. The Kier molecular flexibility index (Phi) is 4.44. The van der Waals surface area contributed by atoms with Gasteiger partial charge in [0.2, 0.25) is 0 Å². The minimum absolute atomic E-state index is 0.187. The Morgan fingerprint density at radius 3 is 3.05 bits per heavy atom. The molecule has 0 amide bonds. The molecule has 1 aliphatic heterocycles. The van der Waals surface area contributed by atoms with E-state index in [0.29, 0.717) is 19.6 Å². The van der Waals surface area contributed by atoms with E-state index in [-0.39, 0.29) is 5.97 Å². The van der Waals surface area contributed by atoms with Crippen LogP contribution >= 0.6 is 0 Å². The van der Waals surface area contributed by atoms with E-state index >= 15 is 0 Å². The van der Waals surface area contributed by atoms with Crippen LogP contribution < -0.4 is 4.74 Å². The van der Waals surface area contributed by atoms with Crippen molar-refractivity contribution in [3.8, 4) is 5.75 Å². The molecule has 22 heavy (non-hydrogen) atoms. The Labute approximate surface area is 129 Å². The second kappa shape index (κ2) is 6.66. The summed E-state index contributed by atoms with van der Waals surface area (Å²) in [5.41, 5.74) is 2.26. The highest BCUT2D eigenvalue weighted by atomic mass is 16.5. The average molecular weight is 301 g/mol. The molecule has 0 fully saturated rings. The molecule has 1 aliphatic rings. The van der Waals surface area contributed by atoms with Crippen LogP contribution in [0.2, 0.25) is 0 Å². The van der Waals surface area contributed by atoms with E-state index in [2.05, 4.69) is 15.7 Å². The van der Waals surface area contributed by atoms with Gasteiger partial charge in [0.15, 0.2) is 0 Å². The molecular formula is C17H19NO4. The van der Waals surface area contributed by atoms with Crippen molar-refractivity contribution in [1.29, 1.82) is 0 Å². The largest absolute Gasteiger partial charge is 0.478 e. The number of aryl methyl sites for hydroxylation is 1. The van der Waals surface area contributed by atoms with Crippen LogP contribution in [-0.2, 0) is 29.0 Å². The third kappa shape index (κ3) is 3.49. The van der Waals surface area contributed by atoms with Crippen LogP contribution in [0.25, 0.3) is 0 Å². The summed E-state index contributed by atoms with van der Waals surface area (Å²) in [4.78, 5) is 13.4. The van der Waals surface area contributed by atoms with Crippen molar-refractivity contribution in [3.05, 3.63) is 53.5 Å². The lowest BCUT2D eigenvalue weighted by atomic mass is 10.0. The van der Waals surface area contributed by atoms with E-state index in [1.165, 1.54) is 7.11 Å². The quantitative estimate of drug-likeness (QED) is 0.795. The number of rotatable bonds is 5. The number of hydrogen-bond acceptors (Lipinski definition) is 5. The van der Waals surface area contributed by atoms with Gasteiger partial charge in [0, 0.05) is 18.5 Å². The van der Waals surface area contributed by atoms with E-state index in [1.807, 2.05) is 24.3 Å². The SMILES string of the molecule is COC(=O)CCc1ccc2c(c1)CN(Cc1ccco1)CO2. The highest BCUT2D eigenvalue weighted by Gasteiger charge is 2.18. The molecule has 0 unspecified atom stereocenters. The number of hydrogen-bond donors (Lipinski definition) is 0. The van der Waals surface area contributed by atoms with Crippen molar-refractivity contribution in [2.75, 3.05) is 13.8 Å². The first-order valence-electron chi connectivity index (χ1n) is 7.31. The number of carbonyl (C=O) groups excluding carboxylic acids is 1.